The number of anilines is 1. The summed E-state index contributed by atoms with van der Waals surface area (Å²) in [7, 11) is 4.64. The van der Waals surface area contributed by atoms with E-state index in [-0.39, 0.29) is 41.3 Å². The monoisotopic (exact) mass is 593 g/mol. The first-order valence-electron chi connectivity index (χ1n) is 14.2. The van der Waals surface area contributed by atoms with Crippen LogP contribution in [0.5, 0.6) is 17.2 Å². The molecule has 2 aromatic carbocycles. The zero-order chi connectivity index (χ0) is 31.3. The third-order valence-electron chi connectivity index (χ3n) is 7.71. The Balaban J connectivity index is 1.82. The van der Waals surface area contributed by atoms with Gasteiger partial charge in [-0.05, 0) is 60.6 Å². The predicted octanol–water partition coefficient (Wildman–Crippen LogP) is 3.70. The van der Waals surface area contributed by atoms with Gasteiger partial charge < -0.3 is 34.7 Å². The van der Waals surface area contributed by atoms with E-state index in [9.17, 15) is 14.4 Å². The maximum Gasteiger partial charge on any atom is 0.246 e. The van der Waals surface area contributed by atoms with Gasteiger partial charge in [0.25, 0.3) is 0 Å². The molecule has 1 heterocycles. The molecule has 3 aromatic rings. The Morgan fingerprint density at radius 1 is 1.12 bits per heavy atom. The van der Waals surface area contributed by atoms with Crippen LogP contribution in [0.25, 0.3) is 11.1 Å². The lowest BCUT2D eigenvalue weighted by atomic mass is 9.95. The number of benzene rings is 1. The third-order valence-corrected chi connectivity index (χ3v) is 7.71. The molecule has 1 aliphatic rings. The van der Waals surface area contributed by atoms with Crippen molar-refractivity contribution in [2.75, 3.05) is 26.6 Å². The molecule has 1 aliphatic carbocycles. The van der Waals surface area contributed by atoms with Crippen LogP contribution in [0.3, 0.4) is 0 Å². The van der Waals surface area contributed by atoms with Crippen LogP contribution in [0, 0.1) is 12.8 Å². The fourth-order valence-electron chi connectivity index (χ4n) is 5.38. The number of aromatic nitrogens is 2. The second-order valence-corrected chi connectivity index (χ2v) is 10.6. The Morgan fingerprint density at radius 3 is 2.47 bits per heavy atom. The SMILES string of the molecule is CC[C@@H](C)[C@H](Nc1ccc2c(cc1=O)[C@@H](NC(C)=O)CCc1cc(OC)c(OC)c(OC)c1-2)C(=O)NCc1nc(C)no1. The number of hydrogen-bond donors (Lipinski definition) is 3. The lowest BCUT2D eigenvalue weighted by molar-refractivity contribution is -0.123. The number of carbonyl (C=O) groups excluding carboxylic acids is 2. The molecule has 0 unspecified atom stereocenters. The Kier molecular flexibility index (Phi) is 9.89. The number of nitrogens with zero attached hydrogens (tertiary/aromatic N) is 2. The highest BCUT2D eigenvalue weighted by molar-refractivity contribution is 5.86. The van der Waals surface area contributed by atoms with Crippen molar-refractivity contribution in [3.8, 4) is 28.4 Å². The summed E-state index contributed by atoms with van der Waals surface area (Å²) < 4.78 is 22.2. The fraction of sp³-hybridized carbons (Fsp3) is 0.452. The molecule has 0 fully saturated rings. The Morgan fingerprint density at radius 2 is 1.86 bits per heavy atom. The number of carbonyl (C=O) groups is 2. The van der Waals surface area contributed by atoms with Gasteiger partial charge in [0.15, 0.2) is 17.3 Å². The van der Waals surface area contributed by atoms with Gasteiger partial charge in [-0.2, -0.15) is 4.98 Å². The molecular weight excluding hydrogens is 554 g/mol. The van der Waals surface area contributed by atoms with Crippen LogP contribution in [0.1, 0.15) is 62.5 Å². The van der Waals surface area contributed by atoms with Crippen molar-refractivity contribution in [3.05, 3.63) is 57.3 Å². The highest BCUT2D eigenvalue weighted by atomic mass is 16.5. The molecule has 0 aliphatic heterocycles. The number of fused-ring (bicyclic) bond motifs is 3. The quantitative estimate of drug-likeness (QED) is 0.300. The molecule has 0 bridgehead atoms. The second-order valence-electron chi connectivity index (χ2n) is 10.6. The molecule has 0 saturated heterocycles. The van der Waals surface area contributed by atoms with Gasteiger partial charge in [0.2, 0.25) is 28.9 Å². The summed E-state index contributed by atoms with van der Waals surface area (Å²) in [5, 5.41) is 12.8. The summed E-state index contributed by atoms with van der Waals surface area (Å²) in [5.41, 5.74) is 2.91. The third kappa shape index (κ3) is 6.73. The van der Waals surface area contributed by atoms with Crippen LogP contribution < -0.4 is 35.6 Å². The fourth-order valence-corrected chi connectivity index (χ4v) is 5.38. The van der Waals surface area contributed by atoms with E-state index in [0.717, 1.165) is 11.1 Å². The van der Waals surface area contributed by atoms with Crippen molar-refractivity contribution in [1.82, 2.24) is 20.8 Å². The maximum atomic E-state index is 13.8. The minimum absolute atomic E-state index is 0.0651. The minimum Gasteiger partial charge on any atom is -0.493 e. The molecular formula is C31H39N5O7. The van der Waals surface area contributed by atoms with E-state index in [2.05, 4.69) is 26.1 Å². The molecule has 43 heavy (non-hydrogen) atoms. The van der Waals surface area contributed by atoms with Gasteiger partial charge in [0.05, 0.1) is 39.6 Å². The highest BCUT2D eigenvalue weighted by Gasteiger charge is 2.30. The molecule has 1 aromatic heterocycles. The van der Waals surface area contributed by atoms with Crippen LogP contribution in [-0.2, 0) is 22.6 Å². The average Bonchev–Trinajstić information content (AvgIpc) is 3.27. The van der Waals surface area contributed by atoms with Crippen LogP contribution in [0.15, 0.2) is 33.6 Å². The number of aryl methyl sites for hydroxylation is 2. The molecule has 12 nitrogen and oxygen atoms in total. The predicted molar refractivity (Wildman–Crippen MR) is 160 cm³/mol. The molecule has 0 spiro atoms. The summed E-state index contributed by atoms with van der Waals surface area (Å²) in [6.07, 6.45) is 1.81. The van der Waals surface area contributed by atoms with Crippen LogP contribution >= 0.6 is 0 Å². The van der Waals surface area contributed by atoms with Crippen molar-refractivity contribution in [1.29, 1.82) is 0 Å². The number of nitrogens with one attached hydrogen (secondary N) is 3. The smallest absolute Gasteiger partial charge is 0.246 e. The first kappa shape index (κ1) is 31.3. The summed E-state index contributed by atoms with van der Waals surface area (Å²) in [4.78, 5) is 43.4. The van der Waals surface area contributed by atoms with Crippen molar-refractivity contribution < 1.29 is 28.3 Å². The highest BCUT2D eigenvalue weighted by Crippen LogP contribution is 2.50. The van der Waals surface area contributed by atoms with Crippen LogP contribution in [-0.4, -0.2) is 49.3 Å². The van der Waals surface area contributed by atoms with Crippen molar-refractivity contribution in [3.63, 3.8) is 0 Å². The van der Waals surface area contributed by atoms with Crippen molar-refractivity contribution in [2.45, 2.75) is 65.6 Å². The topological polar surface area (TPSA) is 154 Å². The molecule has 12 heteroatoms. The normalized spacial score (nSPS) is 15.2. The number of ether oxygens (including phenoxy) is 3. The molecule has 0 radical (unpaired) electrons. The lowest BCUT2D eigenvalue weighted by Gasteiger charge is -2.23. The first-order valence-corrected chi connectivity index (χ1v) is 14.2. The van der Waals surface area contributed by atoms with E-state index < -0.39 is 12.1 Å². The van der Waals surface area contributed by atoms with Gasteiger partial charge in [-0.1, -0.05) is 31.5 Å². The summed E-state index contributed by atoms with van der Waals surface area (Å²) in [6, 6.07) is 5.74. The van der Waals surface area contributed by atoms with Crippen molar-refractivity contribution in [2.24, 2.45) is 5.92 Å². The largest absolute Gasteiger partial charge is 0.493 e. The van der Waals surface area contributed by atoms with Gasteiger partial charge in [-0.3, -0.25) is 14.4 Å². The van der Waals surface area contributed by atoms with Crippen LogP contribution in [0.2, 0.25) is 0 Å². The summed E-state index contributed by atoms with van der Waals surface area (Å²) in [6.45, 7) is 7.12. The zero-order valence-electron chi connectivity index (χ0n) is 25.6. The molecule has 0 saturated carbocycles. The average molecular weight is 594 g/mol. The first-order chi connectivity index (χ1) is 20.6. The van der Waals surface area contributed by atoms with E-state index in [0.29, 0.717) is 53.5 Å². The molecule has 3 N–H and O–H groups in total. The van der Waals surface area contributed by atoms with E-state index in [1.807, 2.05) is 26.0 Å². The number of hydrogen-bond acceptors (Lipinski definition) is 10. The van der Waals surface area contributed by atoms with Gasteiger partial charge >= 0.3 is 0 Å². The number of methoxy groups -OCH3 is 3. The zero-order valence-corrected chi connectivity index (χ0v) is 25.6. The van der Waals surface area contributed by atoms with Gasteiger partial charge in [-0.25, -0.2) is 0 Å². The van der Waals surface area contributed by atoms with Gasteiger partial charge in [0.1, 0.15) is 6.04 Å². The van der Waals surface area contributed by atoms with E-state index in [1.54, 1.807) is 27.2 Å². The molecule has 4 rings (SSSR count). The Hall–Kier alpha value is -4.61. The van der Waals surface area contributed by atoms with Crippen LogP contribution in [0.4, 0.5) is 5.69 Å². The Labute approximate surface area is 250 Å². The standard InChI is InChI=1S/C31H39N5O7/c1-8-16(2)28(31(39)32-15-26-33-17(3)36-43-26)35-23-12-10-20-21(14-24(23)38)22(34-18(4)37)11-9-19-13-25(40-5)29(41-6)30(42-7)27(19)20/h10,12-14,16,22,28H,8-9,11,15H2,1-7H3,(H,32,39)(H,34,37)(H,35,38)/t16-,22+,28+/m1/s1. The van der Waals surface area contributed by atoms with E-state index >= 15 is 0 Å². The van der Waals surface area contributed by atoms with Gasteiger partial charge in [-0.15, -0.1) is 0 Å². The van der Waals surface area contributed by atoms with Gasteiger partial charge in [0, 0.05) is 12.5 Å². The number of rotatable bonds is 11. The molecule has 3 atom stereocenters. The van der Waals surface area contributed by atoms with Crippen molar-refractivity contribution >= 4 is 17.5 Å². The van der Waals surface area contributed by atoms with E-state index in [4.69, 9.17) is 18.7 Å². The second kappa shape index (κ2) is 13.6. The molecule has 2 amide bonds. The lowest BCUT2D eigenvalue weighted by Crippen LogP contribution is -2.44. The maximum absolute atomic E-state index is 13.8. The summed E-state index contributed by atoms with van der Waals surface area (Å²) >= 11 is 0. The summed E-state index contributed by atoms with van der Waals surface area (Å²) in [5.74, 6) is 1.52. The number of amides is 2. The molecule has 230 valence electrons. The Bertz CT molecular complexity index is 1550. The van der Waals surface area contributed by atoms with E-state index in [1.165, 1.54) is 20.1 Å². The minimum atomic E-state index is -0.721.